The number of fused-ring (bicyclic) bond motifs is 1. The molecule has 1 N–H and O–H groups in total. The molecular formula is C9H8FNS. The first-order valence-corrected chi connectivity index (χ1v) is 4.85. The van der Waals surface area contributed by atoms with Gasteiger partial charge in [-0.25, -0.2) is 0 Å². The average Bonchev–Trinajstić information content (AvgIpc) is 2.40. The molecule has 0 aliphatic rings. The molecule has 0 fully saturated rings. The number of thioether (sulfide) groups is 1. The third kappa shape index (κ3) is 1.01. The monoisotopic (exact) mass is 181 g/mol. The number of nitrogens with one attached hydrogen (secondary N) is 1. The molecule has 2 rings (SSSR count). The van der Waals surface area contributed by atoms with Gasteiger partial charge in [0.2, 0.25) is 5.95 Å². The quantitative estimate of drug-likeness (QED) is 0.668. The van der Waals surface area contributed by atoms with Crippen LogP contribution in [0.4, 0.5) is 4.39 Å². The normalized spacial score (nSPS) is 10.8. The first kappa shape index (κ1) is 7.68. The Morgan fingerprint density at radius 1 is 1.33 bits per heavy atom. The van der Waals surface area contributed by atoms with Crippen LogP contribution in [-0.4, -0.2) is 11.2 Å². The molecule has 0 saturated carbocycles. The molecule has 12 heavy (non-hydrogen) atoms. The highest BCUT2D eigenvalue weighted by Gasteiger charge is 2.08. The first-order valence-electron chi connectivity index (χ1n) is 3.63. The fraction of sp³-hybridized carbons (Fsp3) is 0.111. The van der Waals surface area contributed by atoms with Crippen LogP contribution in [0.1, 0.15) is 0 Å². The van der Waals surface area contributed by atoms with E-state index < -0.39 is 0 Å². The molecule has 1 aromatic carbocycles. The maximum Gasteiger partial charge on any atom is 0.205 e. The van der Waals surface area contributed by atoms with Crippen molar-refractivity contribution in [2.75, 3.05) is 6.26 Å². The fourth-order valence-corrected chi connectivity index (χ4v) is 1.91. The molecule has 0 spiro atoms. The highest BCUT2D eigenvalue weighted by Crippen LogP contribution is 2.28. The minimum absolute atomic E-state index is 0.233. The van der Waals surface area contributed by atoms with Crippen LogP contribution in [0, 0.1) is 5.95 Å². The number of rotatable bonds is 1. The summed E-state index contributed by atoms with van der Waals surface area (Å²) in [5, 5.41) is 0.961. The van der Waals surface area contributed by atoms with Crippen molar-refractivity contribution < 1.29 is 4.39 Å². The molecule has 1 nitrogen and oxygen atoms in total. The van der Waals surface area contributed by atoms with E-state index in [0.29, 0.717) is 4.90 Å². The van der Waals surface area contributed by atoms with Gasteiger partial charge in [-0.15, -0.1) is 11.8 Å². The lowest BCUT2D eigenvalue weighted by Gasteiger charge is -1.90. The van der Waals surface area contributed by atoms with Gasteiger partial charge in [0.25, 0.3) is 0 Å². The van der Waals surface area contributed by atoms with Gasteiger partial charge in [0, 0.05) is 10.9 Å². The van der Waals surface area contributed by atoms with Crippen molar-refractivity contribution in [1.82, 2.24) is 4.98 Å². The molecule has 1 heterocycles. The number of benzene rings is 1. The third-order valence-corrected chi connectivity index (χ3v) is 2.63. The predicted octanol–water partition coefficient (Wildman–Crippen LogP) is 3.03. The molecule has 0 amide bonds. The highest BCUT2D eigenvalue weighted by molar-refractivity contribution is 7.98. The van der Waals surface area contributed by atoms with Gasteiger partial charge in [0.05, 0.1) is 4.90 Å². The largest absolute Gasteiger partial charge is 0.330 e. The van der Waals surface area contributed by atoms with Crippen LogP contribution in [0.5, 0.6) is 0 Å². The highest BCUT2D eigenvalue weighted by atomic mass is 32.2. The molecule has 0 atom stereocenters. The SMILES string of the molecule is CSc1c(F)[nH]c2ccccc12. The Labute approximate surface area is 74.0 Å². The lowest BCUT2D eigenvalue weighted by atomic mass is 10.2. The first-order chi connectivity index (χ1) is 5.83. The van der Waals surface area contributed by atoms with Crippen LogP contribution in [0.2, 0.25) is 0 Å². The zero-order chi connectivity index (χ0) is 8.55. The second-order valence-electron chi connectivity index (χ2n) is 2.52. The maximum atomic E-state index is 13.1. The lowest BCUT2D eigenvalue weighted by molar-refractivity contribution is 0.572. The summed E-state index contributed by atoms with van der Waals surface area (Å²) in [6.45, 7) is 0. The molecule has 0 saturated heterocycles. The Kier molecular flexibility index (Phi) is 1.81. The zero-order valence-corrected chi connectivity index (χ0v) is 7.41. The van der Waals surface area contributed by atoms with E-state index in [1.54, 1.807) is 0 Å². The molecule has 0 unspecified atom stereocenters. The van der Waals surface area contributed by atoms with Crippen molar-refractivity contribution in [1.29, 1.82) is 0 Å². The van der Waals surface area contributed by atoms with Crippen molar-refractivity contribution in [3.8, 4) is 0 Å². The second kappa shape index (κ2) is 2.83. The molecule has 62 valence electrons. The van der Waals surface area contributed by atoms with E-state index in [-0.39, 0.29) is 5.95 Å². The van der Waals surface area contributed by atoms with E-state index in [1.165, 1.54) is 11.8 Å². The van der Waals surface area contributed by atoms with Crippen LogP contribution in [0.3, 0.4) is 0 Å². The number of halogens is 1. The van der Waals surface area contributed by atoms with Gasteiger partial charge in [-0.3, -0.25) is 0 Å². The summed E-state index contributed by atoms with van der Waals surface area (Å²) in [7, 11) is 0. The number of aromatic nitrogens is 1. The molecule has 0 aliphatic heterocycles. The van der Waals surface area contributed by atoms with Crippen LogP contribution >= 0.6 is 11.8 Å². The summed E-state index contributed by atoms with van der Waals surface area (Å²) >= 11 is 1.43. The summed E-state index contributed by atoms with van der Waals surface area (Å²) in [5.41, 5.74) is 0.861. The lowest BCUT2D eigenvalue weighted by Crippen LogP contribution is -1.71. The van der Waals surface area contributed by atoms with Gasteiger partial charge in [0.1, 0.15) is 0 Å². The standard InChI is InChI=1S/C9H8FNS/c1-12-8-6-4-2-3-5-7(6)11-9(8)10/h2-5,11H,1H3. The van der Waals surface area contributed by atoms with Crippen molar-refractivity contribution in [3.63, 3.8) is 0 Å². The molecule has 2 aromatic rings. The van der Waals surface area contributed by atoms with Crippen LogP contribution < -0.4 is 0 Å². The molecular weight excluding hydrogens is 173 g/mol. The van der Waals surface area contributed by atoms with E-state index in [9.17, 15) is 4.39 Å². The summed E-state index contributed by atoms with van der Waals surface area (Å²) in [6, 6.07) is 7.59. The Balaban J connectivity index is 2.81. The van der Waals surface area contributed by atoms with Gasteiger partial charge < -0.3 is 4.98 Å². The van der Waals surface area contributed by atoms with Gasteiger partial charge in [-0.2, -0.15) is 4.39 Å². The molecule has 0 bridgehead atoms. The van der Waals surface area contributed by atoms with E-state index in [1.807, 2.05) is 30.5 Å². The van der Waals surface area contributed by atoms with Gasteiger partial charge >= 0.3 is 0 Å². The zero-order valence-electron chi connectivity index (χ0n) is 6.60. The number of hydrogen-bond donors (Lipinski definition) is 1. The van der Waals surface area contributed by atoms with E-state index in [0.717, 1.165) is 10.9 Å². The van der Waals surface area contributed by atoms with Gasteiger partial charge in [-0.05, 0) is 12.3 Å². The number of H-pyrrole nitrogens is 1. The minimum Gasteiger partial charge on any atom is -0.330 e. The Morgan fingerprint density at radius 2 is 2.08 bits per heavy atom. The second-order valence-corrected chi connectivity index (χ2v) is 3.33. The van der Waals surface area contributed by atoms with Crippen LogP contribution in [0.15, 0.2) is 29.2 Å². The topological polar surface area (TPSA) is 15.8 Å². The molecule has 1 aromatic heterocycles. The summed E-state index contributed by atoms with van der Waals surface area (Å²) in [4.78, 5) is 3.39. The van der Waals surface area contributed by atoms with E-state index in [2.05, 4.69) is 4.98 Å². The Bertz CT molecular complexity index is 408. The smallest absolute Gasteiger partial charge is 0.205 e. The van der Waals surface area contributed by atoms with E-state index >= 15 is 0 Å². The summed E-state index contributed by atoms with van der Waals surface area (Å²) in [6.07, 6.45) is 1.87. The predicted molar refractivity (Wildman–Crippen MR) is 50.0 cm³/mol. The van der Waals surface area contributed by atoms with Gasteiger partial charge in [0.15, 0.2) is 0 Å². The number of para-hydroxylation sites is 1. The number of hydrogen-bond acceptors (Lipinski definition) is 1. The summed E-state index contributed by atoms with van der Waals surface area (Å²) < 4.78 is 13.1. The average molecular weight is 181 g/mol. The molecule has 0 aliphatic carbocycles. The third-order valence-electron chi connectivity index (χ3n) is 1.82. The summed E-state index contributed by atoms with van der Waals surface area (Å²) in [5.74, 6) is -0.233. The fourth-order valence-electron chi connectivity index (χ4n) is 1.28. The number of aromatic amines is 1. The van der Waals surface area contributed by atoms with Crippen molar-refractivity contribution in [3.05, 3.63) is 30.2 Å². The van der Waals surface area contributed by atoms with Crippen molar-refractivity contribution >= 4 is 22.7 Å². The van der Waals surface area contributed by atoms with Gasteiger partial charge in [-0.1, -0.05) is 18.2 Å². The molecule has 0 radical (unpaired) electrons. The van der Waals surface area contributed by atoms with Crippen molar-refractivity contribution in [2.45, 2.75) is 4.90 Å². The maximum absolute atomic E-state index is 13.1. The molecule has 3 heteroatoms. The Morgan fingerprint density at radius 3 is 2.83 bits per heavy atom. The van der Waals surface area contributed by atoms with Crippen LogP contribution in [0.25, 0.3) is 10.9 Å². The Hall–Kier alpha value is -0.960. The van der Waals surface area contributed by atoms with Crippen molar-refractivity contribution in [2.24, 2.45) is 0 Å². The van der Waals surface area contributed by atoms with Crippen LogP contribution in [-0.2, 0) is 0 Å². The van der Waals surface area contributed by atoms with E-state index in [4.69, 9.17) is 0 Å². The minimum atomic E-state index is -0.233.